The Kier molecular flexibility index (Phi) is 7.53. The van der Waals surface area contributed by atoms with Crippen molar-refractivity contribution in [1.29, 1.82) is 0 Å². The quantitative estimate of drug-likeness (QED) is 0.191. The van der Waals surface area contributed by atoms with Crippen molar-refractivity contribution in [2.75, 3.05) is 6.61 Å². The molecule has 2 bridgehead atoms. The van der Waals surface area contributed by atoms with Crippen molar-refractivity contribution >= 4 is 40.1 Å². The zero-order valence-electron chi connectivity index (χ0n) is 24.1. The third-order valence-corrected chi connectivity index (χ3v) is 10.3. The highest BCUT2D eigenvalue weighted by atomic mass is 35.5. The number of halogens is 5. The second-order valence-electron chi connectivity index (χ2n) is 12.5. The van der Waals surface area contributed by atoms with Gasteiger partial charge in [0.2, 0.25) is 0 Å². The first-order valence-corrected chi connectivity index (χ1v) is 15.7. The van der Waals surface area contributed by atoms with Gasteiger partial charge in [0.15, 0.2) is 0 Å². The Bertz CT molecular complexity index is 1760. The van der Waals surface area contributed by atoms with E-state index in [4.69, 9.17) is 37.2 Å². The van der Waals surface area contributed by atoms with Crippen LogP contribution in [0.5, 0.6) is 5.75 Å². The summed E-state index contributed by atoms with van der Waals surface area (Å²) >= 11 is 13.0. The minimum absolute atomic E-state index is 0.0531. The smallest absolute Gasteiger partial charge is 0.417 e. The summed E-state index contributed by atoms with van der Waals surface area (Å²) in [6, 6.07) is 10.1. The molecule has 2 heterocycles. The Hall–Kier alpha value is -3.34. The normalized spacial score (nSPS) is 23.0. The van der Waals surface area contributed by atoms with Crippen LogP contribution >= 0.6 is 23.2 Å². The van der Waals surface area contributed by atoms with Crippen LogP contribution < -0.4 is 4.74 Å². The lowest BCUT2D eigenvalue weighted by Crippen LogP contribution is -2.49. The van der Waals surface area contributed by atoms with Gasteiger partial charge in [-0.15, -0.1) is 0 Å². The number of rotatable bonds is 9. The Morgan fingerprint density at radius 3 is 2.33 bits per heavy atom. The largest absolute Gasteiger partial charge is 0.493 e. The molecule has 4 aliphatic rings. The average molecular weight is 662 g/mol. The number of nitrogens with zero attached hydrogens (tertiary/aromatic N) is 2. The maximum absolute atomic E-state index is 13.8. The number of benzene rings is 2. The lowest BCUT2D eigenvalue weighted by atomic mass is 9.59. The summed E-state index contributed by atoms with van der Waals surface area (Å²) in [5.41, 5.74) is -0.000949. The second-order valence-corrected chi connectivity index (χ2v) is 13.4. The van der Waals surface area contributed by atoms with Crippen LogP contribution in [0.4, 0.5) is 13.2 Å². The van der Waals surface area contributed by atoms with Crippen LogP contribution in [0.25, 0.3) is 22.2 Å². The number of hydrogen-bond donors (Lipinski definition) is 1. The summed E-state index contributed by atoms with van der Waals surface area (Å²) in [5, 5.41) is 14.4. The number of ether oxygens (including phenoxy) is 2. The van der Waals surface area contributed by atoms with Crippen LogP contribution in [0.15, 0.2) is 47.0 Å². The van der Waals surface area contributed by atoms with E-state index in [0.29, 0.717) is 46.5 Å². The third kappa shape index (κ3) is 5.77. The highest BCUT2D eigenvalue weighted by Crippen LogP contribution is 2.55. The second kappa shape index (κ2) is 11.2. The SMILES string of the molecule is O=C(O)c1cc(C(F)(F)F)c2cc(OCC34CCC(OCc5c(-c6c(Cl)cccc6Cl)noc5C5CC5)(CC3)CC4)ccc2n1. The maximum Gasteiger partial charge on any atom is 0.417 e. The fourth-order valence-electron chi connectivity index (χ4n) is 6.81. The third-order valence-electron chi connectivity index (χ3n) is 9.67. The first-order chi connectivity index (χ1) is 21.5. The highest BCUT2D eigenvalue weighted by Gasteiger charge is 2.50. The van der Waals surface area contributed by atoms with Gasteiger partial charge in [0.1, 0.15) is 22.9 Å². The molecule has 45 heavy (non-hydrogen) atoms. The van der Waals surface area contributed by atoms with Crippen LogP contribution in [0, 0.1) is 5.41 Å². The monoisotopic (exact) mass is 660 g/mol. The van der Waals surface area contributed by atoms with E-state index in [0.717, 1.165) is 62.7 Å². The first kappa shape index (κ1) is 30.3. The highest BCUT2D eigenvalue weighted by molar-refractivity contribution is 6.39. The van der Waals surface area contributed by atoms with Gasteiger partial charge >= 0.3 is 12.1 Å². The Morgan fingerprint density at radius 1 is 1.02 bits per heavy atom. The van der Waals surface area contributed by atoms with Crippen LogP contribution in [0.2, 0.25) is 10.0 Å². The molecular weight excluding hydrogens is 632 g/mol. The number of alkyl halides is 3. The van der Waals surface area contributed by atoms with E-state index in [1.165, 1.54) is 18.2 Å². The van der Waals surface area contributed by atoms with E-state index in [2.05, 4.69) is 10.1 Å². The number of fused-ring (bicyclic) bond motifs is 4. The van der Waals surface area contributed by atoms with Crippen molar-refractivity contribution in [3.8, 4) is 17.0 Å². The molecule has 2 aromatic heterocycles. The average Bonchev–Trinajstić information content (AvgIpc) is 3.78. The molecule has 4 fully saturated rings. The van der Waals surface area contributed by atoms with E-state index in [1.54, 1.807) is 18.2 Å². The van der Waals surface area contributed by atoms with Crippen molar-refractivity contribution in [2.45, 2.75) is 75.7 Å². The van der Waals surface area contributed by atoms with Gasteiger partial charge in [0.05, 0.1) is 39.9 Å². The molecule has 4 aromatic rings. The Morgan fingerprint density at radius 2 is 1.71 bits per heavy atom. The molecule has 0 atom stereocenters. The Labute approximate surface area is 266 Å². The zero-order chi connectivity index (χ0) is 31.6. The first-order valence-electron chi connectivity index (χ1n) is 14.9. The molecule has 0 spiro atoms. The fourth-order valence-corrected chi connectivity index (χ4v) is 7.39. The van der Waals surface area contributed by atoms with Crippen LogP contribution in [0.1, 0.15) is 84.7 Å². The summed E-state index contributed by atoms with van der Waals surface area (Å²) in [6.07, 6.45) is 2.42. The van der Waals surface area contributed by atoms with E-state index < -0.39 is 23.4 Å². The van der Waals surface area contributed by atoms with E-state index in [-0.39, 0.29) is 27.7 Å². The fraction of sp³-hybridized carbons (Fsp3) is 0.424. The minimum Gasteiger partial charge on any atom is -0.493 e. The van der Waals surface area contributed by atoms with E-state index in [1.807, 2.05) is 0 Å². The van der Waals surface area contributed by atoms with Gasteiger partial charge in [-0.25, -0.2) is 9.78 Å². The van der Waals surface area contributed by atoms with Crippen LogP contribution in [-0.4, -0.2) is 33.4 Å². The number of carbonyl (C=O) groups is 1. The number of hydrogen-bond acceptors (Lipinski definition) is 6. The number of pyridine rings is 1. The number of aromatic nitrogens is 2. The number of aromatic carboxylic acids is 1. The van der Waals surface area contributed by atoms with Gasteiger partial charge in [-0.05, 0) is 87.8 Å². The van der Waals surface area contributed by atoms with Crippen molar-refractivity contribution < 1.29 is 37.1 Å². The van der Waals surface area contributed by atoms with Crippen molar-refractivity contribution in [3.63, 3.8) is 0 Å². The lowest BCUT2D eigenvalue weighted by molar-refractivity contribution is -0.150. The van der Waals surface area contributed by atoms with Gasteiger partial charge in [0, 0.05) is 27.8 Å². The minimum atomic E-state index is -4.74. The molecule has 2 aromatic carbocycles. The lowest BCUT2D eigenvalue weighted by Gasteiger charge is -2.52. The molecule has 0 unspecified atom stereocenters. The molecule has 12 heteroatoms. The van der Waals surface area contributed by atoms with Crippen molar-refractivity contribution in [3.05, 3.63) is 75.1 Å². The summed E-state index contributed by atoms with van der Waals surface area (Å²) in [5.74, 6) is -0.0722. The Balaban J connectivity index is 1.04. The van der Waals surface area contributed by atoms with Crippen LogP contribution in [0.3, 0.4) is 0 Å². The molecule has 8 rings (SSSR count). The molecule has 7 nitrogen and oxygen atoms in total. The molecule has 0 saturated heterocycles. The molecule has 4 aliphatic carbocycles. The summed E-state index contributed by atoms with van der Waals surface area (Å²) < 4.78 is 60.0. The predicted molar refractivity (Wildman–Crippen MR) is 161 cm³/mol. The molecular formula is C33H29Cl2F3N2O5. The maximum atomic E-state index is 13.8. The summed E-state index contributed by atoms with van der Waals surface area (Å²) in [4.78, 5) is 15.2. The van der Waals surface area contributed by atoms with Gasteiger partial charge < -0.3 is 19.1 Å². The molecule has 236 valence electrons. The predicted octanol–water partition coefficient (Wildman–Crippen LogP) is 9.48. The van der Waals surface area contributed by atoms with Crippen molar-refractivity contribution in [1.82, 2.24) is 10.1 Å². The molecule has 0 radical (unpaired) electrons. The van der Waals surface area contributed by atoms with E-state index >= 15 is 0 Å². The topological polar surface area (TPSA) is 94.7 Å². The number of carboxylic acids is 1. The van der Waals surface area contributed by atoms with Gasteiger partial charge in [-0.1, -0.05) is 34.4 Å². The zero-order valence-corrected chi connectivity index (χ0v) is 25.6. The summed E-state index contributed by atoms with van der Waals surface area (Å²) in [6.45, 7) is 0.704. The molecule has 1 N–H and O–H groups in total. The van der Waals surface area contributed by atoms with Gasteiger partial charge in [-0.2, -0.15) is 13.2 Å². The van der Waals surface area contributed by atoms with Gasteiger partial charge in [-0.3, -0.25) is 0 Å². The molecule has 0 aliphatic heterocycles. The number of carboxylic acid groups (broad SMARTS) is 1. The van der Waals surface area contributed by atoms with E-state index in [9.17, 15) is 23.1 Å². The standard InChI is InChI=1S/C33H29Cl2F3N2O5/c34-23-2-1-3-24(35)27(23)28-21(29(45-40-28)18-4-5-18)16-44-32-11-8-31(9-12-32,10-13-32)17-43-19-6-7-25-20(14-19)22(33(36,37)38)15-26(39-25)30(41)42/h1-3,6-7,14-15,18H,4-5,8-13,16-17H2,(H,41,42). The van der Waals surface area contributed by atoms with Crippen molar-refractivity contribution in [2.24, 2.45) is 5.41 Å². The van der Waals surface area contributed by atoms with Crippen LogP contribution in [-0.2, 0) is 17.5 Å². The summed E-state index contributed by atoms with van der Waals surface area (Å²) in [7, 11) is 0. The molecule has 0 amide bonds. The molecule has 4 saturated carbocycles. The van der Waals surface area contributed by atoms with Gasteiger partial charge in [0.25, 0.3) is 0 Å².